The van der Waals surface area contributed by atoms with Crippen LogP contribution >= 0.6 is 11.6 Å². The van der Waals surface area contributed by atoms with Crippen molar-refractivity contribution in [2.45, 2.75) is 19.1 Å². The van der Waals surface area contributed by atoms with E-state index in [1.54, 1.807) is 12.1 Å². The van der Waals surface area contributed by atoms with Gasteiger partial charge >= 0.3 is 0 Å². The van der Waals surface area contributed by atoms with Gasteiger partial charge in [0.2, 0.25) is 5.91 Å². The highest BCUT2D eigenvalue weighted by Crippen LogP contribution is 2.22. The van der Waals surface area contributed by atoms with Crippen molar-refractivity contribution in [3.8, 4) is 0 Å². The van der Waals surface area contributed by atoms with E-state index >= 15 is 0 Å². The summed E-state index contributed by atoms with van der Waals surface area (Å²) in [5, 5.41) is 22.0. The van der Waals surface area contributed by atoms with Crippen molar-refractivity contribution < 1.29 is 15.0 Å². The lowest BCUT2D eigenvalue weighted by atomic mass is 10.1. The highest BCUT2D eigenvalue weighted by Gasteiger charge is 2.21. The van der Waals surface area contributed by atoms with Crippen LogP contribution < -0.4 is 5.32 Å². The van der Waals surface area contributed by atoms with Crippen molar-refractivity contribution in [3.63, 3.8) is 0 Å². The Kier molecular flexibility index (Phi) is 4.67. The number of aromatic nitrogens is 1. The summed E-state index contributed by atoms with van der Waals surface area (Å²) in [6.45, 7) is 1.27. The molecule has 1 rings (SSSR count). The molecule has 0 fully saturated rings. The topological polar surface area (TPSA) is 82.5 Å². The maximum absolute atomic E-state index is 10.6. The van der Waals surface area contributed by atoms with Crippen molar-refractivity contribution in [1.29, 1.82) is 0 Å². The number of carbonyl (C=O) groups excluding carboxylic acids is 1. The molecule has 1 heterocycles. The predicted octanol–water partition coefficient (Wildman–Crippen LogP) is 0.265. The number of halogens is 1. The van der Waals surface area contributed by atoms with Crippen LogP contribution in [0.2, 0.25) is 5.02 Å². The Bertz CT molecular complexity index is 373. The first-order chi connectivity index (χ1) is 7.52. The Morgan fingerprint density at radius 1 is 1.62 bits per heavy atom. The van der Waals surface area contributed by atoms with E-state index in [2.05, 4.69) is 10.3 Å². The molecule has 88 valence electrons. The number of hydrogen-bond donors (Lipinski definition) is 3. The summed E-state index contributed by atoms with van der Waals surface area (Å²) in [6, 6.07) is 3.19. The lowest BCUT2D eigenvalue weighted by Gasteiger charge is -2.18. The predicted molar refractivity (Wildman–Crippen MR) is 58.9 cm³/mol. The van der Waals surface area contributed by atoms with Gasteiger partial charge in [0.1, 0.15) is 12.2 Å². The summed E-state index contributed by atoms with van der Waals surface area (Å²) >= 11 is 5.80. The average Bonchev–Trinajstić information content (AvgIpc) is 2.25. The Morgan fingerprint density at radius 2 is 2.31 bits per heavy atom. The van der Waals surface area contributed by atoms with E-state index in [0.717, 1.165) is 0 Å². The van der Waals surface area contributed by atoms with Gasteiger partial charge in [-0.1, -0.05) is 11.6 Å². The number of aliphatic hydroxyl groups excluding tert-OH is 2. The lowest BCUT2D eigenvalue weighted by Crippen LogP contribution is -2.34. The van der Waals surface area contributed by atoms with Crippen molar-refractivity contribution in [3.05, 3.63) is 29.0 Å². The molecule has 0 saturated carbocycles. The molecular formula is C10H13ClN2O3. The summed E-state index contributed by atoms with van der Waals surface area (Å²) in [5.41, 5.74) is 0.196. The SMILES string of the molecule is CC(=O)NCC(O)C(O)c1ncccc1Cl. The zero-order valence-electron chi connectivity index (χ0n) is 8.72. The van der Waals surface area contributed by atoms with Crippen LogP contribution in [0.4, 0.5) is 0 Å². The van der Waals surface area contributed by atoms with Gasteiger partial charge < -0.3 is 15.5 Å². The molecule has 0 radical (unpaired) electrons. The Balaban J connectivity index is 2.66. The fourth-order valence-electron chi connectivity index (χ4n) is 1.16. The number of amides is 1. The fourth-order valence-corrected chi connectivity index (χ4v) is 1.39. The van der Waals surface area contributed by atoms with Gasteiger partial charge in [-0.3, -0.25) is 9.78 Å². The van der Waals surface area contributed by atoms with E-state index in [1.807, 2.05) is 0 Å². The quantitative estimate of drug-likeness (QED) is 0.710. The number of aliphatic hydroxyl groups is 2. The maximum atomic E-state index is 10.6. The number of carbonyl (C=O) groups is 1. The van der Waals surface area contributed by atoms with Gasteiger partial charge in [-0.2, -0.15) is 0 Å². The molecule has 1 amide bonds. The highest BCUT2D eigenvalue weighted by atomic mass is 35.5. The molecule has 0 aliphatic rings. The first-order valence-corrected chi connectivity index (χ1v) is 5.11. The van der Waals surface area contributed by atoms with E-state index in [9.17, 15) is 15.0 Å². The van der Waals surface area contributed by atoms with Gasteiger partial charge in [0, 0.05) is 19.7 Å². The molecule has 2 unspecified atom stereocenters. The van der Waals surface area contributed by atoms with Crippen LogP contribution in [-0.4, -0.2) is 33.8 Å². The van der Waals surface area contributed by atoms with Crippen LogP contribution in [-0.2, 0) is 4.79 Å². The first-order valence-electron chi connectivity index (χ1n) is 4.73. The summed E-state index contributed by atoms with van der Waals surface area (Å²) in [7, 11) is 0. The number of rotatable bonds is 4. The zero-order chi connectivity index (χ0) is 12.1. The summed E-state index contributed by atoms with van der Waals surface area (Å²) in [6.07, 6.45) is -0.896. The third-order valence-corrected chi connectivity index (χ3v) is 2.31. The number of pyridine rings is 1. The standard InChI is InChI=1S/C10H13ClN2O3/c1-6(14)13-5-8(15)10(16)9-7(11)3-2-4-12-9/h2-4,8,10,15-16H,5H2,1H3,(H,13,14). The van der Waals surface area contributed by atoms with E-state index in [0.29, 0.717) is 0 Å². The normalized spacial score (nSPS) is 14.2. The van der Waals surface area contributed by atoms with E-state index in [1.165, 1.54) is 13.1 Å². The molecule has 1 aromatic heterocycles. The van der Waals surface area contributed by atoms with Crippen LogP contribution in [0.25, 0.3) is 0 Å². The second kappa shape index (κ2) is 5.79. The molecule has 0 aromatic carbocycles. The molecule has 0 bridgehead atoms. The smallest absolute Gasteiger partial charge is 0.216 e. The number of nitrogens with one attached hydrogen (secondary N) is 1. The third-order valence-electron chi connectivity index (χ3n) is 1.99. The van der Waals surface area contributed by atoms with Crippen LogP contribution in [0.3, 0.4) is 0 Å². The van der Waals surface area contributed by atoms with Crippen LogP contribution in [0.1, 0.15) is 18.7 Å². The molecule has 0 aliphatic carbocycles. The van der Waals surface area contributed by atoms with Crippen LogP contribution in [0.5, 0.6) is 0 Å². The minimum atomic E-state index is -1.22. The van der Waals surface area contributed by atoms with Crippen molar-refractivity contribution >= 4 is 17.5 Å². The van der Waals surface area contributed by atoms with E-state index in [4.69, 9.17) is 11.6 Å². The minimum absolute atomic E-state index is 0.0522. The van der Waals surface area contributed by atoms with Crippen LogP contribution in [0, 0.1) is 0 Å². The van der Waals surface area contributed by atoms with Gasteiger partial charge in [-0.25, -0.2) is 0 Å². The zero-order valence-corrected chi connectivity index (χ0v) is 9.48. The number of hydrogen-bond acceptors (Lipinski definition) is 4. The minimum Gasteiger partial charge on any atom is -0.388 e. The first kappa shape index (κ1) is 12.9. The molecule has 5 nitrogen and oxygen atoms in total. The second-order valence-corrected chi connectivity index (χ2v) is 3.73. The molecule has 0 aliphatic heterocycles. The van der Waals surface area contributed by atoms with Gasteiger partial charge in [0.25, 0.3) is 0 Å². The second-order valence-electron chi connectivity index (χ2n) is 3.32. The van der Waals surface area contributed by atoms with Gasteiger partial charge in [0.05, 0.1) is 10.7 Å². The van der Waals surface area contributed by atoms with Gasteiger partial charge in [0.15, 0.2) is 0 Å². The fraction of sp³-hybridized carbons (Fsp3) is 0.400. The van der Waals surface area contributed by atoms with Crippen molar-refractivity contribution in [1.82, 2.24) is 10.3 Å². The molecule has 0 saturated heterocycles. The maximum Gasteiger partial charge on any atom is 0.216 e. The largest absolute Gasteiger partial charge is 0.388 e. The molecule has 0 spiro atoms. The van der Waals surface area contributed by atoms with Crippen molar-refractivity contribution in [2.75, 3.05) is 6.54 Å². The number of nitrogens with zero attached hydrogens (tertiary/aromatic N) is 1. The average molecular weight is 245 g/mol. The summed E-state index contributed by atoms with van der Waals surface area (Å²) < 4.78 is 0. The van der Waals surface area contributed by atoms with E-state index < -0.39 is 12.2 Å². The van der Waals surface area contributed by atoms with Gasteiger partial charge in [-0.15, -0.1) is 0 Å². The van der Waals surface area contributed by atoms with Crippen molar-refractivity contribution in [2.24, 2.45) is 0 Å². The van der Waals surface area contributed by atoms with Crippen LogP contribution in [0.15, 0.2) is 18.3 Å². The molecular weight excluding hydrogens is 232 g/mol. The summed E-state index contributed by atoms with van der Waals surface area (Å²) in [4.78, 5) is 14.5. The molecule has 3 N–H and O–H groups in total. The highest BCUT2D eigenvalue weighted by molar-refractivity contribution is 6.31. The lowest BCUT2D eigenvalue weighted by molar-refractivity contribution is -0.119. The Morgan fingerprint density at radius 3 is 2.88 bits per heavy atom. The van der Waals surface area contributed by atoms with E-state index in [-0.39, 0.29) is 23.2 Å². The summed E-state index contributed by atoms with van der Waals surface area (Å²) in [5.74, 6) is -0.279. The molecule has 16 heavy (non-hydrogen) atoms. The molecule has 1 aromatic rings. The molecule has 6 heteroatoms. The third kappa shape index (κ3) is 3.44. The molecule has 2 atom stereocenters. The Labute approximate surface area is 98.1 Å². The monoisotopic (exact) mass is 244 g/mol. The van der Waals surface area contributed by atoms with Gasteiger partial charge in [-0.05, 0) is 12.1 Å². The Hall–Kier alpha value is -1.17.